The third-order valence-corrected chi connectivity index (χ3v) is 7.92. The first-order valence-corrected chi connectivity index (χ1v) is 11.3. The number of carbonyl (C=O) groups excluding carboxylic acids is 1. The Hall–Kier alpha value is -1.34. The molecule has 0 spiro atoms. The van der Waals surface area contributed by atoms with Gasteiger partial charge in [-0.15, -0.1) is 0 Å². The van der Waals surface area contributed by atoms with Gasteiger partial charge in [-0.3, -0.25) is 4.79 Å². The second-order valence-corrected chi connectivity index (χ2v) is 10.4. The lowest BCUT2D eigenvalue weighted by molar-refractivity contribution is -0.120. The number of hydrogen-bond acceptors (Lipinski definition) is 4. The number of rotatable bonds is 3. The van der Waals surface area contributed by atoms with Gasteiger partial charge in [0.25, 0.3) is 5.91 Å². The average Bonchev–Trinajstić information content (AvgIpc) is 2.98. The molecule has 1 aromatic carbocycles. The van der Waals surface area contributed by atoms with Gasteiger partial charge < -0.3 is 4.90 Å². The fourth-order valence-corrected chi connectivity index (χ4v) is 7.30. The SMILES string of the molecule is CCc1cccc(C)c1N1C(=NC(=O)C(C)C)S[C@H]2CS(=O)(=O)C[C@@H]21. The van der Waals surface area contributed by atoms with Gasteiger partial charge in [-0.05, 0) is 24.5 Å². The molecule has 5 nitrogen and oxygen atoms in total. The van der Waals surface area contributed by atoms with Gasteiger partial charge in [0.1, 0.15) is 0 Å². The van der Waals surface area contributed by atoms with Gasteiger partial charge in [0, 0.05) is 16.9 Å². The van der Waals surface area contributed by atoms with Crippen LogP contribution in [0.25, 0.3) is 0 Å². The number of sulfone groups is 1. The standard InChI is InChI=1S/C18H24N2O3S2/c1-5-13-8-6-7-12(4)16(13)20-14-9-25(22,23)10-15(14)24-18(20)19-17(21)11(2)3/h6-8,11,14-15H,5,9-10H2,1-4H3/t14-,15-/m0/s1. The Labute approximate surface area is 153 Å². The molecule has 1 amide bonds. The molecule has 2 aliphatic rings. The van der Waals surface area contributed by atoms with E-state index in [0.29, 0.717) is 5.17 Å². The quantitative estimate of drug-likeness (QED) is 0.807. The summed E-state index contributed by atoms with van der Waals surface area (Å²) in [5.41, 5.74) is 3.24. The average molecular weight is 381 g/mol. The first-order chi connectivity index (χ1) is 11.7. The molecule has 7 heteroatoms. The highest BCUT2D eigenvalue weighted by Gasteiger charge is 2.50. The van der Waals surface area contributed by atoms with Crippen molar-refractivity contribution in [2.45, 2.75) is 45.4 Å². The van der Waals surface area contributed by atoms with Gasteiger partial charge in [-0.1, -0.05) is 50.7 Å². The number of aryl methyl sites for hydroxylation is 2. The van der Waals surface area contributed by atoms with E-state index in [1.54, 1.807) is 0 Å². The molecular formula is C18H24N2O3S2. The summed E-state index contributed by atoms with van der Waals surface area (Å²) in [6, 6.07) is 5.95. The minimum atomic E-state index is -3.05. The first kappa shape index (κ1) is 18.5. The number of fused-ring (bicyclic) bond motifs is 1. The predicted molar refractivity (Wildman–Crippen MR) is 104 cm³/mol. The van der Waals surface area contributed by atoms with Gasteiger partial charge in [-0.2, -0.15) is 4.99 Å². The van der Waals surface area contributed by atoms with E-state index < -0.39 is 9.84 Å². The summed E-state index contributed by atoms with van der Waals surface area (Å²) in [5, 5.41) is 0.584. The molecular weight excluding hydrogens is 356 g/mol. The number of aliphatic imine (C=N–C) groups is 1. The minimum absolute atomic E-state index is 0.0620. The van der Waals surface area contributed by atoms with Crippen molar-refractivity contribution in [3.8, 4) is 0 Å². The van der Waals surface area contributed by atoms with Gasteiger partial charge >= 0.3 is 0 Å². The van der Waals surface area contributed by atoms with E-state index in [2.05, 4.69) is 18.0 Å². The zero-order chi connectivity index (χ0) is 18.4. The molecule has 136 valence electrons. The second-order valence-electron chi connectivity index (χ2n) is 6.99. The molecule has 2 heterocycles. The highest BCUT2D eigenvalue weighted by molar-refractivity contribution is 8.16. The zero-order valence-electron chi connectivity index (χ0n) is 15.0. The molecule has 0 unspecified atom stereocenters. The summed E-state index contributed by atoms with van der Waals surface area (Å²) in [7, 11) is -3.05. The van der Waals surface area contributed by atoms with Crippen LogP contribution in [-0.4, -0.2) is 42.3 Å². The lowest BCUT2D eigenvalue weighted by atomic mass is 10.0. The van der Waals surface area contributed by atoms with Crippen molar-refractivity contribution >= 4 is 38.4 Å². The highest BCUT2D eigenvalue weighted by atomic mass is 32.2. The second kappa shape index (κ2) is 6.76. The highest BCUT2D eigenvalue weighted by Crippen LogP contribution is 2.43. The lowest BCUT2D eigenvalue weighted by Gasteiger charge is -2.28. The number of hydrogen-bond donors (Lipinski definition) is 0. The maximum absolute atomic E-state index is 12.2. The van der Waals surface area contributed by atoms with Crippen molar-refractivity contribution in [1.82, 2.24) is 0 Å². The molecule has 0 saturated carbocycles. The molecule has 2 aliphatic heterocycles. The van der Waals surface area contributed by atoms with Crippen LogP contribution in [0.3, 0.4) is 0 Å². The number of anilines is 1. The molecule has 0 bridgehead atoms. The van der Waals surface area contributed by atoms with Crippen molar-refractivity contribution in [3.63, 3.8) is 0 Å². The Morgan fingerprint density at radius 1 is 1.36 bits per heavy atom. The molecule has 25 heavy (non-hydrogen) atoms. The fourth-order valence-electron chi connectivity index (χ4n) is 3.40. The van der Waals surface area contributed by atoms with Crippen LogP contribution in [0.5, 0.6) is 0 Å². The van der Waals surface area contributed by atoms with Crippen LogP contribution in [-0.2, 0) is 21.1 Å². The van der Waals surface area contributed by atoms with E-state index in [0.717, 1.165) is 23.2 Å². The van der Waals surface area contributed by atoms with Crippen molar-refractivity contribution in [3.05, 3.63) is 29.3 Å². The Morgan fingerprint density at radius 2 is 2.08 bits per heavy atom. The van der Waals surface area contributed by atoms with E-state index in [4.69, 9.17) is 0 Å². The van der Waals surface area contributed by atoms with Crippen LogP contribution in [0.2, 0.25) is 0 Å². The maximum atomic E-state index is 12.2. The Bertz CT molecular complexity index is 831. The molecule has 3 rings (SSSR count). The normalized spacial score (nSPS) is 26.4. The topological polar surface area (TPSA) is 66.8 Å². The van der Waals surface area contributed by atoms with Crippen LogP contribution in [0.4, 0.5) is 5.69 Å². The van der Waals surface area contributed by atoms with Crippen LogP contribution in [0.1, 0.15) is 31.9 Å². The number of carbonyl (C=O) groups is 1. The Morgan fingerprint density at radius 3 is 2.72 bits per heavy atom. The summed E-state index contributed by atoms with van der Waals surface area (Å²) in [6.07, 6.45) is 0.841. The molecule has 0 aliphatic carbocycles. The molecule has 2 saturated heterocycles. The maximum Gasteiger partial charge on any atom is 0.250 e. The number of nitrogens with zero attached hydrogens (tertiary/aromatic N) is 2. The Kier molecular flexibility index (Phi) is 4.99. The summed E-state index contributed by atoms with van der Waals surface area (Å²) in [4.78, 5) is 18.6. The summed E-state index contributed by atoms with van der Waals surface area (Å²) < 4.78 is 24.3. The van der Waals surface area contributed by atoms with Crippen LogP contribution in [0.15, 0.2) is 23.2 Å². The number of thioether (sulfide) groups is 1. The number of amidine groups is 1. The van der Waals surface area contributed by atoms with Crippen molar-refractivity contribution < 1.29 is 13.2 Å². The van der Waals surface area contributed by atoms with Crippen molar-refractivity contribution in [2.75, 3.05) is 16.4 Å². The van der Waals surface area contributed by atoms with E-state index in [1.165, 1.54) is 11.8 Å². The first-order valence-electron chi connectivity index (χ1n) is 8.61. The summed E-state index contributed by atoms with van der Waals surface area (Å²) in [5.74, 6) is -0.0680. The molecule has 0 radical (unpaired) electrons. The van der Waals surface area contributed by atoms with Gasteiger partial charge in [0.15, 0.2) is 15.0 Å². The van der Waals surface area contributed by atoms with Crippen molar-refractivity contribution in [1.29, 1.82) is 0 Å². The van der Waals surface area contributed by atoms with E-state index >= 15 is 0 Å². The smallest absolute Gasteiger partial charge is 0.250 e. The summed E-state index contributed by atoms with van der Waals surface area (Å²) >= 11 is 1.44. The van der Waals surface area contributed by atoms with Crippen molar-refractivity contribution in [2.24, 2.45) is 10.9 Å². The fraction of sp³-hybridized carbons (Fsp3) is 0.556. The predicted octanol–water partition coefficient (Wildman–Crippen LogP) is 2.81. The molecule has 1 aromatic rings. The van der Waals surface area contributed by atoms with E-state index in [1.807, 2.05) is 37.8 Å². The third kappa shape index (κ3) is 3.49. The van der Waals surface area contributed by atoms with Gasteiger partial charge in [0.05, 0.1) is 17.5 Å². The molecule has 0 aromatic heterocycles. The van der Waals surface area contributed by atoms with Crippen LogP contribution in [0, 0.1) is 12.8 Å². The number of para-hydroxylation sites is 1. The largest absolute Gasteiger partial charge is 0.315 e. The lowest BCUT2D eigenvalue weighted by Crippen LogP contribution is -2.39. The number of amides is 1. The van der Waals surface area contributed by atoms with Gasteiger partial charge in [-0.25, -0.2) is 8.42 Å². The van der Waals surface area contributed by atoms with Crippen LogP contribution >= 0.6 is 11.8 Å². The molecule has 2 atom stereocenters. The van der Waals surface area contributed by atoms with E-state index in [9.17, 15) is 13.2 Å². The van der Waals surface area contributed by atoms with Crippen LogP contribution < -0.4 is 4.90 Å². The summed E-state index contributed by atoms with van der Waals surface area (Å²) in [6.45, 7) is 7.76. The molecule has 0 N–H and O–H groups in total. The third-order valence-electron chi connectivity index (χ3n) is 4.71. The molecule has 2 fully saturated rings. The van der Waals surface area contributed by atoms with E-state index in [-0.39, 0.29) is 34.6 Å². The number of benzene rings is 1. The minimum Gasteiger partial charge on any atom is -0.315 e. The zero-order valence-corrected chi connectivity index (χ0v) is 16.7. The Balaban J connectivity index is 2.12. The van der Waals surface area contributed by atoms with Gasteiger partial charge in [0.2, 0.25) is 0 Å². The monoisotopic (exact) mass is 380 g/mol.